The van der Waals surface area contributed by atoms with Gasteiger partial charge >= 0.3 is 0 Å². The van der Waals surface area contributed by atoms with E-state index >= 15 is 0 Å². The number of halogens is 1. The summed E-state index contributed by atoms with van der Waals surface area (Å²) in [4.78, 5) is 12.4. The predicted molar refractivity (Wildman–Crippen MR) is 90.4 cm³/mol. The maximum atomic E-state index is 12.4. The van der Waals surface area contributed by atoms with Crippen LogP contribution in [-0.2, 0) is 11.3 Å². The molecular formula is C17H22ClN3O. The Labute approximate surface area is 136 Å². The number of carbonyl (C=O) groups excluding carboxylic acids is 1. The first-order chi connectivity index (χ1) is 10.3. The van der Waals surface area contributed by atoms with Gasteiger partial charge in [-0.05, 0) is 44.9 Å². The fourth-order valence-corrected chi connectivity index (χ4v) is 2.46. The number of anilines is 1. The Bertz CT molecular complexity index is 706. The molecule has 1 N–H and O–H groups in total. The molecule has 22 heavy (non-hydrogen) atoms. The molecule has 0 aliphatic heterocycles. The zero-order valence-electron chi connectivity index (χ0n) is 13.7. The summed E-state index contributed by atoms with van der Waals surface area (Å²) in [7, 11) is 0. The van der Waals surface area contributed by atoms with Gasteiger partial charge in [0, 0.05) is 5.69 Å². The lowest BCUT2D eigenvalue weighted by Gasteiger charge is -2.15. The highest BCUT2D eigenvalue weighted by molar-refractivity contribution is 6.31. The Kier molecular flexibility index (Phi) is 4.91. The van der Waals surface area contributed by atoms with Crippen LogP contribution in [0.5, 0.6) is 0 Å². The topological polar surface area (TPSA) is 46.9 Å². The smallest absolute Gasteiger partial charge is 0.229 e. The third-order valence-electron chi connectivity index (χ3n) is 3.84. The second-order valence-corrected chi connectivity index (χ2v) is 6.25. The second kappa shape index (κ2) is 6.53. The van der Waals surface area contributed by atoms with Crippen LogP contribution in [0.15, 0.2) is 18.2 Å². The van der Waals surface area contributed by atoms with E-state index in [1.54, 1.807) is 4.68 Å². The van der Waals surface area contributed by atoms with Gasteiger partial charge in [-0.1, -0.05) is 30.7 Å². The molecule has 0 aliphatic rings. The molecule has 118 valence electrons. The normalized spacial score (nSPS) is 12.3. The van der Waals surface area contributed by atoms with Crippen molar-refractivity contribution in [2.24, 2.45) is 5.92 Å². The van der Waals surface area contributed by atoms with E-state index in [-0.39, 0.29) is 11.8 Å². The SMILES string of the molecule is Cc1ccc(C)c(NC(=O)C(C)Cn2nc(C)c(Cl)c2C)c1. The van der Waals surface area contributed by atoms with Crippen molar-refractivity contribution in [1.29, 1.82) is 0 Å². The highest BCUT2D eigenvalue weighted by atomic mass is 35.5. The molecule has 1 amide bonds. The van der Waals surface area contributed by atoms with E-state index in [1.807, 2.05) is 52.8 Å². The molecule has 0 aliphatic carbocycles. The average molecular weight is 320 g/mol. The monoisotopic (exact) mass is 319 g/mol. The number of benzene rings is 1. The molecular weight excluding hydrogens is 298 g/mol. The van der Waals surface area contributed by atoms with E-state index in [0.29, 0.717) is 11.6 Å². The number of carbonyl (C=O) groups is 1. The molecule has 1 aromatic carbocycles. The molecule has 1 aromatic heterocycles. The van der Waals surface area contributed by atoms with Crippen molar-refractivity contribution in [3.05, 3.63) is 45.7 Å². The lowest BCUT2D eigenvalue weighted by molar-refractivity contribution is -0.119. The van der Waals surface area contributed by atoms with Gasteiger partial charge in [-0.25, -0.2) is 0 Å². The predicted octanol–water partition coefficient (Wildman–Crippen LogP) is 4.04. The molecule has 0 saturated heterocycles. The minimum atomic E-state index is -0.200. The van der Waals surface area contributed by atoms with E-state index in [4.69, 9.17) is 11.6 Å². The van der Waals surface area contributed by atoms with Gasteiger partial charge < -0.3 is 5.32 Å². The number of aryl methyl sites for hydroxylation is 3. The van der Waals surface area contributed by atoms with Crippen molar-refractivity contribution < 1.29 is 4.79 Å². The Balaban J connectivity index is 2.09. The number of rotatable bonds is 4. The Morgan fingerprint density at radius 2 is 2.00 bits per heavy atom. The molecule has 0 spiro atoms. The van der Waals surface area contributed by atoms with E-state index in [0.717, 1.165) is 28.2 Å². The van der Waals surface area contributed by atoms with Crippen LogP contribution in [-0.4, -0.2) is 15.7 Å². The van der Waals surface area contributed by atoms with Crippen LogP contribution in [0.1, 0.15) is 29.4 Å². The van der Waals surface area contributed by atoms with Gasteiger partial charge in [-0.3, -0.25) is 9.48 Å². The average Bonchev–Trinajstić information content (AvgIpc) is 2.70. The van der Waals surface area contributed by atoms with Crippen LogP contribution >= 0.6 is 11.6 Å². The summed E-state index contributed by atoms with van der Waals surface area (Å²) in [5.41, 5.74) is 4.73. The maximum absolute atomic E-state index is 12.4. The number of amides is 1. The van der Waals surface area contributed by atoms with Crippen molar-refractivity contribution in [2.45, 2.75) is 41.2 Å². The standard InChI is InChI=1S/C17H22ClN3O/c1-10-6-7-11(2)15(8-10)19-17(22)12(3)9-21-14(5)16(18)13(4)20-21/h6-8,12H,9H2,1-5H3,(H,19,22). The highest BCUT2D eigenvalue weighted by Gasteiger charge is 2.18. The van der Waals surface area contributed by atoms with E-state index < -0.39 is 0 Å². The van der Waals surface area contributed by atoms with E-state index in [1.165, 1.54) is 0 Å². The van der Waals surface area contributed by atoms with Gasteiger partial charge in [0.15, 0.2) is 0 Å². The summed E-state index contributed by atoms with van der Waals surface area (Å²) in [6.07, 6.45) is 0. The van der Waals surface area contributed by atoms with Crippen LogP contribution < -0.4 is 5.32 Å². The van der Waals surface area contributed by atoms with Gasteiger partial charge in [-0.2, -0.15) is 5.10 Å². The summed E-state index contributed by atoms with van der Waals surface area (Å²) in [6.45, 7) is 10.2. The van der Waals surface area contributed by atoms with Crippen LogP contribution in [0.4, 0.5) is 5.69 Å². The highest BCUT2D eigenvalue weighted by Crippen LogP contribution is 2.21. The summed E-state index contributed by atoms with van der Waals surface area (Å²) in [5, 5.41) is 8.04. The molecule has 0 fully saturated rings. The number of nitrogens with zero attached hydrogens (tertiary/aromatic N) is 2. The molecule has 1 atom stereocenters. The third kappa shape index (κ3) is 3.50. The van der Waals surface area contributed by atoms with E-state index in [2.05, 4.69) is 10.4 Å². The molecule has 2 aromatic rings. The second-order valence-electron chi connectivity index (χ2n) is 5.88. The van der Waals surface area contributed by atoms with Gasteiger partial charge in [0.25, 0.3) is 0 Å². The number of hydrogen-bond acceptors (Lipinski definition) is 2. The fraction of sp³-hybridized carbons (Fsp3) is 0.412. The molecule has 1 heterocycles. The van der Waals surface area contributed by atoms with Crippen LogP contribution in [0, 0.1) is 33.6 Å². The largest absolute Gasteiger partial charge is 0.326 e. The zero-order valence-corrected chi connectivity index (χ0v) is 14.5. The van der Waals surface area contributed by atoms with Crippen LogP contribution in [0.25, 0.3) is 0 Å². The first kappa shape index (κ1) is 16.6. The Morgan fingerprint density at radius 1 is 1.32 bits per heavy atom. The summed E-state index contributed by atoms with van der Waals surface area (Å²) in [5.74, 6) is -0.216. The summed E-state index contributed by atoms with van der Waals surface area (Å²) >= 11 is 6.15. The molecule has 0 radical (unpaired) electrons. The molecule has 2 rings (SSSR count). The van der Waals surface area contributed by atoms with Crippen LogP contribution in [0.3, 0.4) is 0 Å². The molecule has 0 bridgehead atoms. The van der Waals surface area contributed by atoms with Crippen molar-refractivity contribution >= 4 is 23.2 Å². The maximum Gasteiger partial charge on any atom is 0.229 e. The molecule has 0 saturated carbocycles. The number of hydrogen-bond donors (Lipinski definition) is 1. The first-order valence-electron chi connectivity index (χ1n) is 7.37. The fourth-order valence-electron chi connectivity index (χ4n) is 2.32. The summed E-state index contributed by atoms with van der Waals surface area (Å²) in [6, 6.07) is 6.03. The Morgan fingerprint density at radius 3 is 2.59 bits per heavy atom. The molecule has 1 unspecified atom stereocenters. The minimum absolute atomic E-state index is 0.0163. The van der Waals surface area contributed by atoms with Gasteiger partial charge in [0.1, 0.15) is 0 Å². The number of nitrogens with one attached hydrogen (secondary N) is 1. The number of aromatic nitrogens is 2. The zero-order chi connectivity index (χ0) is 16.4. The lowest BCUT2D eigenvalue weighted by Crippen LogP contribution is -2.25. The molecule has 4 nitrogen and oxygen atoms in total. The first-order valence-corrected chi connectivity index (χ1v) is 7.75. The van der Waals surface area contributed by atoms with Crippen molar-refractivity contribution in [1.82, 2.24) is 9.78 Å². The summed E-state index contributed by atoms with van der Waals surface area (Å²) < 4.78 is 1.80. The Hall–Kier alpha value is -1.81. The van der Waals surface area contributed by atoms with Gasteiger partial charge in [0.05, 0.1) is 28.9 Å². The molecule has 5 heteroatoms. The van der Waals surface area contributed by atoms with Crippen molar-refractivity contribution in [3.8, 4) is 0 Å². The van der Waals surface area contributed by atoms with Gasteiger partial charge in [0.2, 0.25) is 5.91 Å². The lowest BCUT2D eigenvalue weighted by atomic mass is 10.1. The van der Waals surface area contributed by atoms with Gasteiger partial charge in [-0.15, -0.1) is 0 Å². The van der Waals surface area contributed by atoms with Crippen molar-refractivity contribution in [3.63, 3.8) is 0 Å². The van der Waals surface area contributed by atoms with E-state index in [9.17, 15) is 4.79 Å². The van der Waals surface area contributed by atoms with Crippen LogP contribution in [0.2, 0.25) is 5.02 Å². The quantitative estimate of drug-likeness (QED) is 0.924. The third-order valence-corrected chi connectivity index (χ3v) is 4.39. The minimum Gasteiger partial charge on any atom is -0.326 e. The van der Waals surface area contributed by atoms with Crippen molar-refractivity contribution in [2.75, 3.05) is 5.32 Å².